The minimum absolute atomic E-state index is 0.161. The SMILES string of the molecule is CCOC(=O)/C=C/c1cnc(N[C@@H]2CCN(CC3CCCCC3)C2=O)cn1. The monoisotopic (exact) mass is 372 g/mol. The molecular formula is C20H28N4O3. The van der Waals surface area contributed by atoms with Gasteiger partial charge in [-0.25, -0.2) is 9.78 Å². The first-order valence-electron chi connectivity index (χ1n) is 9.88. The van der Waals surface area contributed by atoms with Gasteiger partial charge in [0.2, 0.25) is 5.91 Å². The van der Waals surface area contributed by atoms with Crippen molar-refractivity contribution >= 4 is 23.8 Å². The van der Waals surface area contributed by atoms with Crippen molar-refractivity contribution in [2.45, 2.75) is 51.5 Å². The number of nitrogens with zero attached hydrogens (tertiary/aromatic N) is 3. The summed E-state index contributed by atoms with van der Waals surface area (Å²) in [5, 5.41) is 3.19. The first-order chi connectivity index (χ1) is 13.2. The van der Waals surface area contributed by atoms with Crippen LogP contribution in [0.1, 0.15) is 51.1 Å². The van der Waals surface area contributed by atoms with Gasteiger partial charge in [0.05, 0.1) is 24.7 Å². The van der Waals surface area contributed by atoms with Gasteiger partial charge in [-0.1, -0.05) is 19.3 Å². The van der Waals surface area contributed by atoms with Gasteiger partial charge in [0.25, 0.3) is 0 Å². The van der Waals surface area contributed by atoms with Crippen LogP contribution in [-0.2, 0) is 14.3 Å². The fourth-order valence-corrected chi connectivity index (χ4v) is 3.76. The molecule has 0 radical (unpaired) electrons. The molecule has 0 unspecified atom stereocenters. The highest BCUT2D eigenvalue weighted by Crippen LogP contribution is 2.26. The maximum absolute atomic E-state index is 12.6. The number of nitrogens with one attached hydrogen (secondary N) is 1. The zero-order valence-corrected chi connectivity index (χ0v) is 15.9. The Bertz CT molecular complexity index is 668. The van der Waals surface area contributed by atoms with Crippen molar-refractivity contribution in [2.24, 2.45) is 5.92 Å². The van der Waals surface area contributed by atoms with Crippen LogP contribution in [0.5, 0.6) is 0 Å². The van der Waals surface area contributed by atoms with E-state index in [0.29, 0.717) is 24.0 Å². The van der Waals surface area contributed by atoms with Crippen molar-refractivity contribution in [2.75, 3.05) is 25.0 Å². The molecule has 3 rings (SSSR count). The van der Waals surface area contributed by atoms with Crippen LogP contribution in [0.25, 0.3) is 6.08 Å². The lowest BCUT2D eigenvalue weighted by molar-refractivity contribution is -0.137. The Morgan fingerprint density at radius 2 is 2.07 bits per heavy atom. The van der Waals surface area contributed by atoms with Crippen molar-refractivity contribution in [3.63, 3.8) is 0 Å². The molecule has 1 aromatic heterocycles. The Kier molecular flexibility index (Phi) is 6.79. The molecule has 2 fully saturated rings. The van der Waals surface area contributed by atoms with E-state index >= 15 is 0 Å². The summed E-state index contributed by atoms with van der Waals surface area (Å²) in [7, 11) is 0. The Labute approximate surface area is 160 Å². The Morgan fingerprint density at radius 3 is 2.78 bits per heavy atom. The number of rotatable bonds is 7. The van der Waals surface area contributed by atoms with Gasteiger partial charge in [-0.2, -0.15) is 0 Å². The van der Waals surface area contributed by atoms with Crippen molar-refractivity contribution in [1.29, 1.82) is 0 Å². The molecule has 0 bridgehead atoms. The van der Waals surface area contributed by atoms with Crippen LogP contribution in [0, 0.1) is 5.92 Å². The third-order valence-corrected chi connectivity index (χ3v) is 5.17. The van der Waals surface area contributed by atoms with Crippen LogP contribution in [0.4, 0.5) is 5.82 Å². The van der Waals surface area contributed by atoms with E-state index in [1.807, 2.05) is 4.90 Å². The van der Waals surface area contributed by atoms with E-state index in [9.17, 15) is 9.59 Å². The lowest BCUT2D eigenvalue weighted by atomic mass is 9.89. The lowest BCUT2D eigenvalue weighted by Crippen LogP contribution is -2.37. The molecular weight excluding hydrogens is 344 g/mol. The molecule has 0 spiro atoms. The highest BCUT2D eigenvalue weighted by molar-refractivity contribution is 5.87. The van der Waals surface area contributed by atoms with Crippen molar-refractivity contribution < 1.29 is 14.3 Å². The van der Waals surface area contributed by atoms with E-state index < -0.39 is 5.97 Å². The second-order valence-electron chi connectivity index (χ2n) is 7.19. The average molecular weight is 372 g/mol. The van der Waals surface area contributed by atoms with Crippen molar-refractivity contribution in [3.8, 4) is 0 Å². The van der Waals surface area contributed by atoms with Gasteiger partial charge < -0.3 is 15.0 Å². The topological polar surface area (TPSA) is 84.4 Å². The van der Waals surface area contributed by atoms with Crippen LogP contribution < -0.4 is 5.32 Å². The highest BCUT2D eigenvalue weighted by Gasteiger charge is 2.33. The summed E-state index contributed by atoms with van der Waals surface area (Å²) in [6.45, 7) is 3.79. The Balaban J connectivity index is 1.50. The van der Waals surface area contributed by atoms with E-state index in [1.165, 1.54) is 38.2 Å². The van der Waals surface area contributed by atoms with E-state index in [4.69, 9.17) is 4.74 Å². The summed E-state index contributed by atoms with van der Waals surface area (Å²) in [5.41, 5.74) is 0.560. The van der Waals surface area contributed by atoms with Gasteiger partial charge in [0.1, 0.15) is 11.9 Å². The average Bonchev–Trinajstić information content (AvgIpc) is 3.02. The quantitative estimate of drug-likeness (QED) is 0.585. The zero-order chi connectivity index (χ0) is 19.1. The molecule has 1 amide bonds. The van der Waals surface area contributed by atoms with Crippen LogP contribution in [-0.4, -0.2) is 52.5 Å². The summed E-state index contributed by atoms with van der Waals surface area (Å²) >= 11 is 0. The maximum atomic E-state index is 12.6. The second-order valence-corrected chi connectivity index (χ2v) is 7.19. The molecule has 146 valence electrons. The number of ether oxygens (including phenoxy) is 1. The summed E-state index contributed by atoms with van der Waals surface area (Å²) in [4.78, 5) is 34.5. The van der Waals surface area contributed by atoms with Gasteiger partial charge in [-0.05, 0) is 38.2 Å². The Hall–Kier alpha value is -2.44. The predicted molar refractivity (Wildman–Crippen MR) is 103 cm³/mol. The largest absolute Gasteiger partial charge is 0.463 e. The zero-order valence-electron chi connectivity index (χ0n) is 15.9. The smallest absolute Gasteiger partial charge is 0.330 e. The number of esters is 1. The van der Waals surface area contributed by atoms with Crippen LogP contribution >= 0.6 is 0 Å². The summed E-state index contributed by atoms with van der Waals surface area (Å²) < 4.78 is 4.82. The molecule has 2 aliphatic rings. The van der Waals surface area contributed by atoms with E-state index in [2.05, 4.69) is 15.3 Å². The molecule has 1 saturated heterocycles. The first-order valence-corrected chi connectivity index (χ1v) is 9.88. The molecule has 1 aliphatic heterocycles. The third kappa shape index (κ3) is 5.52. The predicted octanol–water partition coefficient (Wildman–Crippen LogP) is 2.65. The van der Waals surface area contributed by atoms with Gasteiger partial charge >= 0.3 is 5.97 Å². The molecule has 1 saturated carbocycles. The molecule has 27 heavy (non-hydrogen) atoms. The number of likely N-dealkylation sites (tertiary alicyclic amines) is 1. The molecule has 0 aromatic carbocycles. The second kappa shape index (κ2) is 9.48. The number of carbonyl (C=O) groups is 2. The van der Waals surface area contributed by atoms with Crippen molar-refractivity contribution in [3.05, 3.63) is 24.2 Å². The lowest BCUT2D eigenvalue weighted by Gasteiger charge is -2.27. The number of hydrogen-bond acceptors (Lipinski definition) is 6. The standard InChI is InChI=1S/C20H28N4O3/c1-2-27-19(25)9-8-16-12-22-18(13-21-16)23-17-10-11-24(20(17)26)14-15-6-4-3-5-7-15/h8-9,12-13,15,17H,2-7,10-11,14H2,1H3,(H,22,23)/b9-8+/t17-/m1/s1. The molecule has 2 heterocycles. The van der Waals surface area contributed by atoms with Gasteiger partial charge in [0.15, 0.2) is 0 Å². The molecule has 1 atom stereocenters. The third-order valence-electron chi connectivity index (χ3n) is 5.17. The summed E-state index contributed by atoms with van der Waals surface area (Å²) in [6, 6.07) is -0.233. The Morgan fingerprint density at radius 1 is 1.26 bits per heavy atom. The van der Waals surface area contributed by atoms with Crippen molar-refractivity contribution in [1.82, 2.24) is 14.9 Å². The van der Waals surface area contributed by atoms with Gasteiger partial charge in [-0.3, -0.25) is 9.78 Å². The molecule has 1 aliphatic carbocycles. The summed E-state index contributed by atoms with van der Waals surface area (Å²) in [6.07, 6.45) is 13.2. The number of anilines is 1. The van der Waals surface area contributed by atoms with Crippen LogP contribution in [0.3, 0.4) is 0 Å². The number of amides is 1. The summed E-state index contributed by atoms with van der Waals surface area (Å²) in [5.74, 6) is 0.984. The van der Waals surface area contributed by atoms with E-state index in [1.54, 1.807) is 25.4 Å². The van der Waals surface area contributed by atoms with Crippen LogP contribution in [0.15, 0.2) is 18.5 Å². The van der Waals surface area contributed by atoms with Gasteiger partial charge in [-0.15, -0.1) is 0 Å². The molecule has 1 N–H and O–H groups in total. The van der Waals surface area contributed by atoms with Crippen LogP contribution in [0.2, 0.25) is 0 Å². The fourth-order valence-electron chi connectivity index (χ4n) is 3.76. The molecule has 7 heteroatoms. The number of aromatic nitrogens is 2. The normalized spacial score (nSPS) is 21.0. The minimum atomic E-state index is -0.406. The fraction of sp³-hybridized carbons (Fsp3) is 0.600. The minimum Gasteiger partial charge on any atom is -0.463 e. The molecule has 7 nitrogen and oxygen atoms in total. The molecule has 1 aromatic rings. The maximum Gasteiger partial charge on any atom is 0.330 e. The van der Waals surface area contributed by atoms with Gasteiger partial charge in [0, 0.05) is 19.2 Å². The van der Waals surface area contributed by atoms with E-state index in [0.717, 1.165) is 19.5 Å². The first kappa shape index (κ1) is 19.3. The van der Waals surface area contributed by atoms with E-state index in [-0.39, 0.29) is 11.9 Å². The number of carbonyl (C=O) groups excluding carboxylic acids is 2. The highest BCUT2D eigenvalue weighted by atomic mass is 16.5. The number of hydrogen-bond donors (Lipinski definition) is 1.